The molecular weight excluding hydrogens is 252 g/mol. The molecule has 0 aliphatic heterocycles. The second-order valence-corrected chi connectivity index (χ2v) is 5.57. The first-order valence-corrected chi connectivity index (χ1v) is 6.51. The van der Waals surface area contributed by atoms with Crippen LogP contribution in [-0.2, 0) is 10.0 Å². The molecule has 2 aromatic heterocycles. The first kappa shape index (κ1) is 10.9. The number of anilines is 1. The van der Waals surface area contributed by atoms with Gasteiger partial charge in [-0.3, -0.25) is 0 Å². The summed E-state index contributed by atoms with van der Waals surface area (Å²) in [6.45, 7) is 0. The molecular formula is C7H8N4O3S2. The van der Waals surface area contributed by atoms with Gasteiger partial charge in [0.25, 0.3) is 10.0 Å². The van der Waals surface area contributed by atoms with E-state index >= 15 is 0 Å². The van der Waals surface area contributed by atoms with Crippen molar-refractivity contribution in [2.75, 3.05) is 11.8 Å². The van der Waals surface area contributed by atoms with Crippen molar-refractivity contribution in [1.29, 1.82) is 0 Å². The lowest BCUT2D eigenvalue weighted by molar-refractivity contribution is 0.382. The SMILES string of the molecule is COc1n[nH]c(NS(=O)(=O)c2cccs2)n1. The Labute approximate surface area is 95.5 Å². The minimum atomic E-state index is -3.59. The smallest absolute Gasteiger partial charge is 0.336 e. The molecule has 0 spiro atoms. The number of nitrogens with one attached hydrogen (secondary N) is 2. The minimum absolute atomic E-state index is 0.0188. The predicted molar refractivity (Wildman–Crippen MR) is 58.1 cm³/mol. The summed E-state index contributed by atoms with van der Waals surface area (Å²) < 4.78 is 30.6. The Kier molecular flexibility index (Phi) is 2.79. The number of hydrogen-bond donors (Lipinski definition) is 2. The number of rotatable bonds is 4. The van der Waals surface area contributed by atoms with Gasteiger partial charge in [-0.2, -0.15) is 4.98 Å². The molecule has 7 nitrogen and oxygen atoms in total. The number of sulfonamides is 1. The van der Waals surface area contributed by atoms with E-state index in [9.17, 15) is 8.42 Å². The molecule has 9 heteroatoms. The van der Waals surface area contributed by atoms with E-state index in [-0.39, 0.29) is 16.2 Å². The zero-order valence-corrected chi connectivity index (χ0v) is 9.80. The predicted octanol–water partition coefficient (Wildman–Crippen LogP) is 0.676. The van der Waals surface area contributed by atoms with Crippen LogP contribution in [0.25, 0.3) is 0 Å². The van der Waals surface area contributed by atoms with Crippen LogP contribution >= 0.6 is 11.3 Å². The van der Waals surface area contributed by atoms with E-state index in [4.69, 9.17) is 4.74 Å². The molecule has 2 rings (SSSR count). The van der Waals surface area contributed by atoms with Crippen LogP contribution < -0.4 is 9.46 Å². The maximum Gasteiger partial charge on any atom is 0.336 e. The quantitative estimate of drug-likeness (QED) is 0.842. The van der Waals surface area contributed by atoms with Crippen LogP contribution in [0.1, 0.15) is 0 Å². The Balaban J connectivity index is 2.21. The van der Waals surface area contributed by atoms with Crippen molar-refractivity contribution in [3.63, 3.8) is 0 Å². The second-order valence-electron chi connectivity index (χ2n) is 2.71. The fourth-order valence-corrected chi connectivity index (χ4v) is 2.93. The maximum absolute atomic E-state index is 11.7. The molecule has 0 fully saturated rings. The molecule has 16 heavy (non-hydrogen) atoms. The summed E-state index contributed by atoms with van der Waals surface area (Å²) >= 11 is 1.12. The minimum Gasteiger partial charge on any atom is -0.466 e. The van der Waals surface area contributed by atoms with Crippen molar-refractivity contribution < 1.29 is 13.2 Å². The van der Waals surface area contributed by atoms with Gasteiger partial charge in [0.1, 0.15) is 4.21 Å². The van der Waals surface area contributed by atoms with E-state index in [0.29, 0.717) is 0 Å². The number of thiophene rings is 1. The number of methoxy groups -OCH3 is 1. The molecule has 2 heterocycles. The Hall–Kier alpha value is -1.61. The molecule has 0 amide bonds. The Morgan fingerprint density at radius 3 is 2.94 bits per heavy atom. The first-order chi connectivity index (χ1) is 7.62. The molecule has 0 unspecified atom stereocenters. The first-order valence-electron chi connectivity index (χ1n) is 4.14. The van der Waals surface area contributed by atoms with E-state index in [2.05, 4.69) is 19.9 Å². The van der Waals surface area contributed by atoms with Crippen molar-refractivity contribution in [1.82, 2.24) is 15.2 Å². The van der Waals surface area contributed by atoms with Crippen molar-refractivity contribution in [2.24, 2.45) is 0 Å². The van der Waals surface area contributed by atoms with Crippen molar-refractivity contribution in [3.05, 3.63) is 17.5 Å². The van der Waals surface area contributed by atoms with Gasteiger partial charge in [0.05, 0.1) is 7.11 Å². The van der Waals surface area contributed by atoms with Gasteiger partial charge in [-0.05, 0) is 11.4 Å². The van der Waals surface area contributed by atoms with Crippen LogP contribution in [0.3, 0.4) is 0 Å². The zero-order valence-electron chi connectivity index (χ0n) is 8.17. The number of nitrogens with zero attached hydrogens (tertiary/aromatic N) is 2. The Morgan fingerprint density at radius 2 is 2.38 bits per heavy atom. The number of ether oxygens (including phenoxy) is 1. The molecule has 0 aromatic carbocycles. The third kappa shape index (κ3) is 2.14. The fraction of sp³-hybridized carbons (Fsp3) is 0.143. The van der Waals surface area contributed by atoms with Gasteiger partial charge in [0.15, 0.2) is 0 Å². The largest absolute Gasteiger partial charge is 0.466 e. The molecule has 0 aliphatic carbocycles. The van der Waals surface area contributed by atoms with Gasteiger partial charge in [-0.1, -0.05) is 6.07 Å². The summed E-state index contributed by atoms with van der Waals surface area (Å²) in [5.41, 5.74) is 0. The van der Waals surface area contributed by atoms with Crippen LogP contribution in [0.5, 0.6) is 6.01 Å². The number of hydrogen-bond acceptors (Lipinski definition) is 6. The van der Waals surface area contributed by atoms with Crippen molar-refractivity contribution in [3.8, 4) is 6.01 Å². The highest BCUT2D eigenvalue weighted by atomic mass is 32.2. The molecule has 0 radical (unpaired) electrons. The van der Waals surface area contributed by atoms with E-state index in [1.165, 1.54) is 13.2 Å². The average Bonchev–Trinajstić information content (AvgIpc) is 2.86. The summed E-state index contributed by atoms with van der Waals surface area (Å²) in [6, 6.07) is 3.23. The fourth-order valence-electron chi connectivity index (χ4n) is 0.977. The average molecular weight is 260 g/mol. The van der Waals surface area contributed by atoms with Gasteiger partial charge in [0, 0.05) is 0 Å². The number of aromatic nitrogens is 3. The summed E-state index contributed by atoms with van der Waals surface area (Å²) in [6.07, 6.45) is 0. The third-order valence-electron chi connectivity index (χ3n) is 1.64. The zero-order chi connectivity index (χ0) is 11.6. The molecule has 0 saturated carbocycles. The maximum atomic E-state index is 11.7. The van der Waals surface area contributed by atoms with Crippen molar-refractivity contribution >= 4 is 27.3 Å². The second kappa shape index (κ2) is 4.10. The van der Waals surface area contributed by atoms with Gasteiger partial charge in [-0.25, -0.2) is 18.2 Å². The molecule has 2 aromatic rings. The molecule has 0 bridgehead atoms. The van der Waals surface area contributed by atoms with E-state index < -0.39 is 10.0 Å². The normalized spacial score (nSPS) is 11.3. The highest BCUT2D eigenvalue weighted by molar-refractivity contribution is 7.94. The van der Waals surface area contributed by atoms with Crippen LogP contribution in [0.2, 0.25) is 0 Å². The van der Waals surface area contributed by atoms with Gasteiger partial charge < -0.3 is 4.74 Å². The molecule has 86 valence electrons. The lowest BCUT2D eigenvalue weighted by Crippen LogP contribution is -2.12. The molecule has 2 N–H and O–H groups in total. The van der Waals surface area contributed by atoms with Gasteiger partial charge >= 0.3 is 6.01 Å². The summed E-state index contributed by atoms with van der Waals surface area (Å²) in [5.74, 6) is 0.0188. The third-order valence-corrected chi connectivity index (χ3v) is 4.37. The monoisotopic (exact) mass is 260 g/mol. The Bertz CT molecular complexity index is 560. The van der Waals surface area contributed by atoms with Crippen LogP contribution in [-0.4, -0.2) is 30.7 Å². The van der Waals surface area contributed by atoms with Crippen molar-refractivity contribution in [2.45, 2.75) is 4.21 Å². The van der Waals surface area contributed by atoms with Crippen LogP contribution in [0.15, 0.2) is 21.7 Å². The van der Waals surface area contributed by atoms with Gasteiger partial charge in [-0.15, -0.1) is 16.4 Å². The standard InChI is InChI=1S/C7H8N4O3S2/c1-14-7-8-6(9-10-7)11-16(12,13)5-3-2-4-15-5/h2-4H,1H3,(H2,8,9,10,11). The van der Waals surface area contributed by atoms with E-state index in [1.54, 1.807) is 11.4 Å². The lowest BCUT2D eigenvalue weighted by atomic mass is 10.7. The topological polar surface area (TPSA) is 97.0 Å². The number of H-pyrrole nitrogens is 1. The summed E-state index contributed by atoms with van der Waals surface area (Å²) in [4.78, 5) is 3.75. The van der Waals surface area contributed by atoms with Crippen LogP contribution in [0.4, 0.5) is 5.95 Å². The highest BCUT2D eigenvalue weighted by Crippen LogP contribution is 2.18. The lowest BCUT2D eigenvalue weighted by Gasteiger charge is -2.00. The van der Waals surface area contributed by atoms with E-state index in [0.717, 1.165) is 11.3 Å². The van der Waals surface area contributed by atoms with Gasteiger partial charge in [0.2, 0.25) is 5.95 Å². The molecule has 0 atom stereocenters. The molecule has 0 saturated heterocycles. The van der Waals surface area contributed by atoms with E-state index in [1.807, 2.05) is 0 Å². The number of aromatic amines is 1. The Morgan fingerprint density at radius 1 is 1.56 bits per heavy atom. The summed E-state index contributed by atoms with van der Waals surface area (Å²) in [7, 11) is -2.20. The highest BCUT2D eigenvalue weighted by Gasteiger charge is 2.17. The summed E-state index contributed by atoms with van der Waals surface area (Å²) in [5, 5.41) is 7.70. The molecule has 0 aliphatic rings. The van der Waals surface area contributed by atoms with Crippen LogP contribution in [0, 0.1) is 0 Å².